The number of hydrogen-bond donors (Lipinski definition) is 1. The van der Waals surface area contributed by atoms with E-state index in [0.717, 1.165) is 16.4 Å². The fourth-order valence-corrected chi connectivity index (χ4v) is 4.14. The van der Waals surface area contributed by atoms with Crippen molar-refractivity contribution in [2.45, 2.75) is 13.3 Å². The molecule has 0 aliphatic rings. The molecule has 8 heteroatoms. The van der Waals surface area contributed by atoms with Crippen molar-refractivity contribution in [3.63, 3.8) is 0 Å². The summed E-state index contributed by atoms with van der Waals surface area (Å²) < 4.78 is 18.2. The average molecular weight is 437 g/mol. The van der Waals surface area contributed by atoms with Gasteiger partial charge in [0.2, 0.25) is 0 Å². The fourth-order valence-electron chi connectivity index (χ4n) is 3.25. The second kappa shape index (κ2) is 9.23. The molecule has 0 amide bonds. The third-order valence-corrected chi connectivity index (χ3v) is 6.39. The Balaban J connectivity index is 2.11. The first kappa shape index (κ1) is 22.4. The van der Waals surface area contributed by atoms with Gasteiger partial charge >= 0.3 is 0 Å². The molecule has 0 fully saturated rings. The van der Waals surface area contributed by atoms with Crippen LogP contribution in [-0.2, 0) is 4.57 Å². The molecular weight excluding hydrogens is 413 g/mol. The largest absolute Gasteiger partial charge is 0.494 e. The van der Waals surface area contributed by atoms with E-state index < -0.39 is 7.14 Å². The van der Waals surface area contributed by atoms with Crippen LogP contribution in [-0.4, -0.2) is 31.2 Å². The minimum Gasteiger partial charge on any atom is -0.494 e. The molecule has 0 atom stereocenters. The zero-order valence-corrected chi connectivity index (χ0v) is 18.8. The standard InChI is InChI=1S/C23H24N3O4P/c1-5-21(27)18-14-24-22(26-28)13-20(18)25-19-11-7-10-17(23(19)30-2)15-8-6-9-16(12-15)31(3,4)29/h6-14H,5H2,1-4H3,(H,24,25). The summed E-state index contributed by atoms with van der Waals surface area (Å²) in [6, 6.07) is 14.6. The number of anilines is 2. The van der Waals surface area contributed by atoms with E-state index in [0.29, 0.717) is 29.1 Å². The van der Waals surface area contributed by atoms with Crippen LogP contribution in [0, 0.1) is 4.91 Å². The summed E-state index contributed by atoms with van der Waals surface area (Å²) in [6.45, 7) is 5.22. The molecule has 0 aliphatic carbocycles. The van der Waals surface area contributed by atoms with Gasteiger partial charge in [0.25, 0.3) is 0 Å². The number of para-hydroxylation sites is 1. The van der Waals surface area contributed by atoms with Crippen molar-refractivity contribution in [1.29, 1.82) is 0 Å². The van der Waals surface area contributed by atoms with E-state index in [1.54, 1.807) is 27.4 Å². The van der Waals surface area contributed by atoms with Gasteiger partial charge in [-0.2, -0.15) is 0 Å². The molecule has 1 aromatic heterocycles. The normalized spacial score (nSPS) is 11.1. The number of nitrogens with one attached hydrogen (secondary N) is 1. The van der Waals surface area contributed by atoms with Crippen LogP contribution < -0.4 is 15.4 Å². The number of aromatic nitrogens is 1. The number of nitroso groups, excluding NO2 is 1. The molecule has 0 unspecified atom stereocenters. The Morgan fingerprint density at radius 1 is 1.13 bits per heavy atom. The second-order valence-electron chi connectivity index (χ2n) is 7.37. The molecule has 0 bridgehead atoms. The lowest BCUT2D eigenvalue weighted by Crippen LogP contribution is -2.05. The molecule has 1 N–H and O–H groups in total. The number of ketones is 1. The first-order valence-corrected chi connectivity index (χ1v) is 12.3. The van der Waals surface area contributed by atoms with Gasteiger partial charge in [-0.3, -0.25) is 4.79 Å². The number of hydrogen-bond acceptors (Lipinski definition) is 7. The van der Waals surface area contributed by atoms with Crippen molar-refractivity contribution in [3.8, 4) is 16.9 Å². The van der Waals surface area contributed by atoms with Gasteiger partial charge in [0.1, 0.15) is 12.9 Å². The van der Waals surface area contributed by atoms with E-state index in [-0.39, 0.29) is 11.6 Å². The SMILES string of the molecule is CCC(=O)c1cnc(N=O)cc1Nc1cccc(-c2cccc(P(C)(C)=O)c2)c1OC. The molecule has 0 saturated heterocycles. The topological polar surface area (TPSA) is 97.7 Å². The number of rotatable bonds is 8. The highest BCUT2D eigenvalue weighted by atomic mass is 31.2. The van der Waals surface area contributed by atoms with Crippen LogP contribution in [0.5, 0.6) is 5.75 Å². The minimum absolute atomic E-state index is 0.0281. The van der Waals surface area contributed by atoms with Crippen molar-refractivity contribution >= 4 is 35.4 Å². The lowest BCUT2D eigenvalue weighted by molar-refractivity contribution is 0.0988. The van der Waals surface area contributed by atoms with E-state index in [4.69, 9.17) is 4.74 Å². The molecule has 7 nitrogen and oxygen atoms in total. The number of methoxy groups -OCH3 is 1. The Morgan fingerprint density at radius 2 is 1.87 bits per heavy atom. The summed E-state index contributed by atoms with van der Waals surface area (Å²) in [4.78, 5) is 27.2. The maximum absolute atomic E-state index is 12.5. The average Bonchev–Trinajstić information content (AvgIpc) is 2.77. The Bertz CT molecular complexity index is 1190. The maximum Gasteiger partial charge on any atom is 0.198 e. The fraction of sp³-hybridized carbons (Fsp3) is 0.217. The quantitative estimate of drug-likeness (QED) is 0.274. The lowest BCUT2D eigenvalue weighted by Gasteiger charge is -2.17. The van der Waals surface area contributed by atoms with Gasteiger partial charge in [-0.1, -0.05) is 37.3 Å². The van der Waals surface area contributed by atoms with Crippen molar-refractivity contribution in [2.24, 2.45) is 5.18 Å². The predicted octanol–water partition coefficient (Wildman–Crippen LogP) is 5.74. The van der Waals surface area contributed by atoms with Gasteiger partial charge in [-0.25, -0.2) is 4.98 Å². The highest BCUT2D eigenvalue weighted by Gasteiger charge is 2.18. The third kappa shape index (κ3) is 4.89. The van der Waals surface area contributed by atoms with Crippen LogP contribution in [0.4, 0.5) is 17.2 Å². The second-order valence-corrected chi connectivity index (χ2v) is 10.6. The van der Waals surface area contributed by atoms with E-state index in [9.17, 15) is 14.3 Å². The molecule has 1 heterocycles. The van der Waals surface area contributed by atoms with Crippen LogP contribution in [0.2, 0.25) is 0 Å². The monoisotopic (exact) mass is 437 g/mol. The molecule has 0 saturated carbocycles. The number of Topliss-reactive ketones (excluding diaryl/α,β-unsaturated/α-hetero) is 1. The number of benzene rings is 2. The van der Waals surface area contributed by atoms with Gasteiger partial charge in [0.15, 0.2) is 11.6 Å². The first-order chi connectivity index (χ1) is 14.8. The Labute approximate surface area is 181 Å². The van der Waals surface area contributed by atoms with Gasteiger partial charge in [-0.05, 0) is 36.2 Å². The predicted molar refractivity (Wildman–Crippen MR) is 125 cm³/mol. The summed E-state index contributed by atoms with van der Waals surface area (Å²) in [6.07, 6.45) is 1.65. The molecule has 2 aromatic carbocycles. The summed E-state index contributed by atoms with van der Waals surface area (Å²) in [5.41, 5.74) is 3.05. The van der Waals surface area contributed by atoms with Crippen molar-refractivity contribution in [3.05, 3.63) is 65.2 Å². The number of carbonyl (C=O) groups is 1. The van der Waals surface area contributed by atoms with E-state index in [2.05, 4.69) is 15.5 Å². The number of pyridine rings is 1. The van der Waals surface area contributed by atoms with Gasteiger partial charge in [-0.15, -0.1) is 4.91 Å². The summed E-state index contributed by atoms with van der Waals surface area (Å²) in [7, 11) is -0.870. The van der Waals surface area contributed by atoms with E-state index in [1.165, 1.54) is 12.3 Å². The maximum atomic E-state index is 12.5. The number of carbonyl (C=O) groups excluding carboxylic acids is 1. The minimum atomic E-state index is -2.43. The molecule has 0 radical (unpaired) electrons. The lowest BCUT2D eigenvalue weighted by atomic mass is 10.0. The zero-order chi connectivity index (χ0) is 22.6. The van der Waals surface area contributed by atoms with Crippen LogP contribution in [0.15, 0.2) is 59.9 Å². The third-order valence-electron chi connectivity index (χ3n) is 4.87. The first-order valence-electron chi connectivity index (χ1n) is 9.75. The molecule has 31 heavy (non-hydrogen) atoms. The number of ether oxygens (including phenoxy) is 1. The zero-order valence-electron chi connectivity index (χ0n) is 17.9. The number of nitrogens with zero attached hydrogens (tertiary/aromatic N) is 2. The van der Waals surface area contributed by atoms with Crippen molar-refractivity contribution in [2.75, 3.05) is 25.8 Å². The molecule has 0 aliphatic heterocycles. The molecule has 3 rings (SSSR count). The van der Waals surface area contributed by atoms with E-state index >= 15 is 0 Å². The summed E-state index contributed by atoms with van der Waals surface area (Å²) in [5, 5.41) is 6.84. The summed E-state index contributed by atoms with van der Waals surface area (Å²) in [5.74, 6) is 0.408. The van der Waals surface area contributed by atoms with Crippen LogP contribution >= 0.6 is 7.14 Å². The van der Waals surface area contributed by atoms with Crippen molar-refractivity contribution < 1.29 is 14.1 Å². The highest BCUT2D eigenvalue weighted by molar-refractivity contribution is 7.70. The Morgan fingerprint density at radius 3 is 2.52 bits per heavy atom. The van der Waals surface area contributed by atoms with Crippen molar-refractivity contribution in [1.82, 2.24) is 4.98 Å². The van der Waals surface area contributed by atoms with Crippen LogP contribution in [0.25, 0.3) is 11.1 Å². The van der Waals surface area contributed by atoms with Gasteiger partial charge in [0.05, 0.1) is 24.0 Å². The van der Waals surface area contributed by atoms with Gasteiger partial charge < -0.3 is 14.6 Å². The summed E-state index contributed by atoms with van der Waals surface area (Å²) >= 11 is 0. The van der Waals surface area contributed by atoms with E-state index in [1.807, 2.05) is 42.5 Å². The van der Waals surface area contributed by atoms with Crippen LogP contribution in [0.3, 0.4) is 0 Å². The molecule has 0 spiro atoms. The highest BCUT2D eigenvalue weighted by Crippen LogP contribution is 2.41. The van der Waals surface area contributed by atoms with Crippen LogP contribution in [0.1, 0.15) is 23.7 Å². The Hall–Kier alpha value is -3.31. The molecule has 160 valence electrons. The smallest absolute Gasteiger partial charge is 0.198 e. The Kier molecular flexibility index (Phi) is 6.66. The molecular formula is C23H24N3O4P. The van der Waals surface area contributed by atoms with Gasteiger partial charge in [0, 0.05) is 29.6 Å². The molecule has 3 aromatic rings.